The Morgan fingerprint density at radius 1 is 1.30 bits per heavy atom. The summed E-state index contributed by atoms with van der Waals surface area (Å²) in [6.45, 7) is 5.96. The van der Waals surface area contributed by atoms with E-state index in [1.54, 1.807) is 6.33 Å². The lowest BCUT2D eigenvalue weighted by Gasteiger charge is -2.42. The Kier molecular flexibility index (Phi) is 5.02. The number of rotatable bonds is 3. The van der Waals surface area contributed by atoms with E-state index in [9.17, 15) is 9.90 Å². The van der Waals surface area contributed by atoms with Crippen molar-refractivity contribution in [3.63, 3.8) is 0 Å². The highest BCUT2D eigenvalue weighted by molar-refractivity contribution is 5.93. The molecule has 0 aromatic carbocycles. The molecular formula is C17H28N4O2. The maximum atomic E-state index is 12.7. The maximum Gasteiger partial charge on any atom is 0.272 e. The molecule has 2 fully saturated rings. The van der Waals surface area contributed by atoms with Crippen molar-refractivity contribution in [3.8, 4) is 0 Å². The Bertz CT molecular complexity index is 529. The third-order valence-electron chi connectivity index (χ3n) is 5.40. The Morgan fingerprint density at radius 3 is 2.65 bits per heavy atom. The van der Waals surface area contributed by atoms with Gasteiger partial charge in [-0.3, -0.25) is 9.69 Å². The smallest absolute Gasteiger partial charge is 0.272 e. The van der Waals surface area contributed by atoms with Crippen molar-refractivity contribution in [3.05, 3.63) is 17.7 Å². The van der Waals surface area contributed by atoms with E-state index in [2.05, 4.69) is 9.88 Å². The minimum Gasteiger partial charge on any atom is -0.396 e. The molecule has 2 aliphatic heterocycles. The van der Waals surface area contributed by atoms with Crippen LogP contribution in [0.15, 0.2) is 6.33 Å². The molecule has 0 saturated carbocycles. The number of carbonyl (C=O) groups excluding carboxylic acids is 1. The second kappa shape index (κ2) is 7.01. The number of piperidine rings is 2. The number of amides is 1. The molecule has 1 N–H and O–H groups in total. The van der Waals surface area contributed by atoms with Crippen LogP contribution in [0.4, 0.5) is 0 Å². The largest absolute Gasteiger partial charge is 0.396 e. The van der Waals surface area contributed by atoms with E-state index in [0.29, 0.717) is 24.3 Å². The zero-order valence-electron chi connectivity index (χ0n) is 14.2. The molecule has 1 aromatic rings. The normalized spacial score (nSPS) is 24.1. The van der Waals surface area contributed by atoms with Gasteiger partial charge in [0.1, 0.15) is 5.69 Å². The predicted octanol–water partition coefficient (Wildman–Crippen LogP) is 1.04. The zero-order valence-corrected chi connectivity index (χ0v) is 14.2. The molecular weight excluding hydrogens is 292 g/mol. The number of aromatic nitrogens is 2. The highest BCUT2D eigenvalue weighted by Gasteiger charge is 2.31. The molecule has 1 amide bonds. The molecule has 2 aliphatic rings. The van der Waals surface area contributed by atoms with Crippen molar-refractivity contribution in [2.75, 3.05) is 32.8 Å². The van der Waals surface area contributed by atoms with E-state index in [0.717, 1.165) is 51.1 Å². The quantitative estimate of drug-likeness (QED) is 0.904. The number of hydrogen-bond donors (Lipinski definition) is 1. The van der Waals surface area contributed by atoms with Crippen LogP contribution in [0.1, 0.15) is 41.9 Å². The fraction of sp³-hybridized carbons (Fsp3) is 0.765. The number of aryl methyl sites for hydroxylation is 2. The average Bonchev–Trinajstić information content (AvgIpc) is 2.93. The lowest BCUT2D eigenvalue weighted by molar-refractivity contribution is 0.0449. The van der Waals surface area contributed by atoms with Gasteiger partial charge in [-0.25, -0.2) is 4.98 Å². The molecule has 6 heteroatoms. The van der Waals surface area contributed by atoms with Crippen LogP contribution in [-0.4, -0.2) is 69.2 Å². The number of nitrogens with zero attached hydrogens (tertiary/aromatic N) is 4. The zero-order chi connectivity index (χ0) is 16.4. The van der Waals surface area contributed by atoms with Crippen molar-refractivity contribution in [1.82, 2.24) is 19.4 Å². The van der Waals surface area contributed by atoms with Crippen LogP contribution in [0.3, 0.4) is 0 Å². The topological polar surface area (TPSA) is 61.6 Å². The van der Waals surface area contributed by atoms with Gasteiger partial charge in [0.15, 0.2) is 0 Å². The number of likely N-dealkylation sites (tertiary alicyclic amines) is 2. The summed E-state index contributed by atoms with van der Waals surface area (Å²) < 4.78 is 1.82. The molecule has 0 spiro atoms. The number of imidazole rings is 1. The summed E-state index contributed by atoms with van der Waals surface area (Å²) in [5, 5.41) is 9.39. The minimum absolute atomic E-state index is 0.104. The van der Waals surface area contributed by atoms with Gasteiger partial charge >= 0.3 is 0 Å². The van der Waals surface area contributed by atoms with Crippen LogP contribution in [0.2, 0.25) is 0 Å². The molecule has 0 bridgehead atoms. The fourth-order valence-corrected chi connectivity index (χ4v) is 4.01. The Hall–Kier alpha value is -1.40. The highest BCUT2D eigenvalue weighted by Crippen LogP contribution is 2.24. The molecule has 0 radical (unpaired) electrons. The van der Waals surface area contributed by atoms with E-state index in [-0.39, 0.29) is 5.91 Å². The van der Waals surface area contributed by atoms with Crippen LogP contribution >= 0.6 is 0 Å². The molecule has 1 atom stereocenters. The Balaban J connectivity index is 1.57. The molecule has 6 nitrogen and oxygen atoms in total. The molecule has 2 saturated heterocycles. The number of carbonyl (C=O) groups is 1. The first kappa shape index (κ1) is 16.5. The van der Waals surface area contributed by atoms with Gasteiger partial charge in [0.2, 0.25) is 0 Å². The van der Waals surface area contributed by atoms with Crippen molar-refractivity contribution < 1.29 is 9.90 Å². The van der Waals surface area contributed by atoms with Crippen LogP contribution < -0.4 is 0 Å². The van der Waals surface area contributed by atoms with Crippen LogP contribution in [0, 0.1) is 12.8 Å². The van der Waals surface area contributed by atoms with Crippen molar-refractivity contribution in [2.45, 2.75) is 38.6 Å². The van der Waals surface area contributed by atoms with E-state index in [1.165, 1.54) is 6.42 Å². The SMILES string of the molecule is Cc1ncn(C)c1C(=O)N1CCC(N2CCCC(CO)C2)CC1. The lowest BCUT2D eigenvalue weighted by atomic mass is 9.94. The van der Waals surface area contributed by atoms with Gasteiger partial charge in [0.25, 0.3) is 5.91 Å². The van der Waals surface area contributed by atoms with E-state index in [4.69, 9.17) is 0 Å². The standard InChI is InChI=1S/C17H28N4O2/c1-13-16(19(2)12-18-13)17(23)20-8-5-15(6-9-20)21-7-3-4-14(10-21)11-22/h12,14-15,22H,3-11H2,1-2H3. The van der Waals surface area contributed by atoms with Crippen LogP contribution in [-0.2, 0) is 7.05 Å². The lowest BCUT2D eigenvalue weighted by Crippen LogP contribution is -2.50. The second-order valence-corrected chi connectivity index (χ2v) is 7.00. The maximum absolute atomic E-state index is 12.7. The Labute approximate surface area is 138 Å². The van der Waals surface area contributed by atoms with E-state index >= 15 is 0 Å². The molecule has 3 rings (SSSR count). The summed E-state index contributed by atoms with van der Waals surface area (Å²) in [6.07, 6.45) is 6.09. The first-order valence-corrected chi connectivity index (χ1v) is 8.72. The average molecular weight is 320 g/mol. The number of hydrogen-bond acceptors (Lipinski definition) is 4. The summed E-state index contributed by atoms with van der Waals surface area (Å²) in [7, 11) is 1.88. The molecule has 1 unspecified atom stereocenters. The number of aliphatic hydroxyl groups is 1. The molecule has 1 aromatic heterocycles. The first-order chi connectivity index (χ1) is 11.1. The van der Waals surface area contributed by atoms with Crippen molar-refractivity contribution in [2.24, 2.45) is 13.0 Å². The Morgan fingerprint density at radius 2 is 2.04 bits per heavy atom. The second-order valence-electron chi connectivity index (χ2n) is 7.00. The van der Waals surface area contributed by atoms with Crippen LogP contribution in [0.5, 0.6) is 0 Å². The van der Waals surface area contributed by atoms with Gasteiger partial charge in [0.05, 0.1) is 12.0 Å². The molecule has 3 heterocycles. The van der Waals surface area contributed by atoms with Crippen molar-refractivity contribution >= 4 is 5.91 Å². The van der Waals surface area contributed by atoms with Gasteiger partial charge in [-0.2, -0.15) is 0 Å². The van der Waals surface area contributed by atoms with Gasteiger partial charge in [-0.15, -0.1) is 0 Å². The summed E-state index contributed by atoms with van der Waals surface area (Å²) in [5.74, 6) is 0.535. The van der Waals surface area contributed by atoms with Crippen molar-refractivity contribution in [1.29, 1.82) is 0 Å². The predicted molar refractivity (Wildman–Crippen MR) is 88.3 cm³/mol. The van der Waals surface area contributed by atoms with Gasteiger partial charge in [-0.1, -0.05) is 0 Å². The van der Waals surface area contributed by atoms with Gasteiger partial charge < -0.3 is 14.6 Å². The van der Waals surface area contributed by atoms with E-state index in [1.807, 2.05) is 23.4 Å². The minimum atomic E-state index is 0.104. The monoisotopic (exact) mass is 320 g/mol. The molecule has 128 valence electrons. The molecule has 0 aliphatic carbocycles. The number of aliphatic hydroxyl groups excluding tert-OH is 1. The first-order valence-electron chi connectivity index (χ1n) is 8.72. The fourth-order valence-electron chi connectivity index (χ4n) is 4.01. The van der Waals surface area contributed by atoms with Gasteiger partial charge in [0, 0.05) is 39.3 Å². The third kappa shape index (κ3) is 3.43. The van der Waals surface area contributed by atoms with Gasteiger partial charge in [-0.05, 0) is 45.1 Å². The van der Waals surface area contributed by atoms with Crippen LogP contribution in [0.25, 0.3) is 0 Å². The summed E-state index contributed by atoms with van der Waals surface area (Å²) in [6, 6.07) is 0.557. The third-order valence-corrected chi connectivity index (χ3v) is 5.40. The summed E-state index contributed by atoms with van der Waals surface area (Å²) in [5.41, 5.74) is 1.52. The molecule has 23 heavy (non-hydrogen) atoms. The summed E-state index contributed by atoms with van der Waals surface area (Å²) in [4.78, 5) is 21.4. The van der Waals surface area contributed by atoms with E-state index < -0.39 is 0 Å². The summed E-state index contributed by atoms with van der Waals surface area (Å²) >= 11 is 0. The highest BCUT2D eigenvalue weighted by atomic mass is 16.3.